The van der Waals surface area contributed by atoms with Crippen molar-refractivity contribution < 1.29 is 19.1 Å². The molecule has 6 nitrogen and oxygen atoms in total. The second-order valence-corrected chi connectivity index (χ2v) is 7.80. The Morgan fingerprint density at radius 3 is 2.54 bits per heavy atom. The number of aryl methyl sites for hydroxylation is 1. The van der Waals surface area contributed by atoms with E-state index in [9.17, 15) is 14.4 Å². The van der Waals surface area contributed by atoms with Crippen molar-refractivity contribution in [1.29, 1.82) is 0 Å². The van der Waals surface area contributed by atoms with E-state index >= 15 is 0 Å². The average Bonchev–Trinajstić information content (AvgIpc) is 3.02. The number of nitrogens with one attached hydrogen (secondary N) is 2. The van der Waals surface area contributed by atoms with Gasteiger partial charge in [-0.25, -0.2) is 4.79 Å². The summed E-state index contributed by atoms with van der Waals surface area (Å²) in [5.74, 6) is -0.567. The number of amides is 2. The molecule has 2 aromatic rings. The molecule has 2 amide bonds. The highest BCUT2D eigenvalue weighted by Crippen LogP contribution is 2.30. The molecule has 7 heteroatoms. The summed E-state index contributed by atoms with van der Waals surface area (Å²) in [5.41, 5.74) is 2.75. The number of hydrogen-bond donors (Lipinski definition) is 2. The van der Waals surface area contributed by atoms with Gasteiger partial charge in [0.2, 0.25) is 5.91 Å². The van der Waals surface area contributed by atoms with Crippen LogP contribution >= 0.6 is 11.3 Å². The van der Waals surface area contributed by atoms with Crippen molar-refractivity contribution in [2.75, 3.05) is 19.0 Å². The molecule has 0 spiro atoms. The Balaban J connectivity index is 1.96. The third-order valence-electron chi connectivity index (χ3n) is 4.17. The standard InChI is InChI=1S/C21H26N2O4S/c1-13(2)11-15-12-28-20(18(15)21(26)27-4)23-17(24)9-10-22-19(25)16-8-6-5-7-14(16)3/h5-8,12-13H,9-11H2,1-4H3,(H,22,25)(H,23,24). The van der Waals surface area contributed by atoms with Gasteiger partial charge in [0.05, 0.1) is 12.7 Å². The number of ether oxygens (including phenoxy) is 1. The average molecular weight is 403 g/mol. The molecular formula is C21H26N2O4S. The highest BCUT2D eigenvalue weighted by Gasteiger charge is 2.21. The van der Waals surface area contributed by atoms with Gasteiger partial charge in [-0.2, -0.15) is 0 Å². The van der Waals surface area contributed by atoms with Crippen LogP contribution in [0.25, 0.3) is 0 Å². The van der Waals surface area contributed by atoms with Crippen molar-refractivity contribution in [1.82, 2.24) is 5.32 Å². The zero-order valence-electron chi connectivity index (χ0n) is 16.6. The maximum atomic E-state index is 12.3. The Kier molecular flexibility index (Phi) is 7.75. The van der Waals surface area contributed by atoms with E-state index in [4.69, 9.17) is 4.74 Å². The summed E-state index contributed by atoms with van der Waals surface area (Å²) < 4.78 is 4.87. The fourth-order valence-electron chi connectivity index (χ4n) is 2.80. The van der Waals surface area contributed by atoms with Crippen LogP contribution in [0.2, 0.25) is 0 Å². The lowest BCUT2D eigenvalue weighted by Crippen LogP contribution is -2.28. The second kappa shape index (κ2) is 10.0. The first-order chi connectivity index (χ1) is 13.3. The maximum Gasteiger partial charge on any atom is 0.341 e. The van der Waals surface area contributed by atoms with E-state index in [1.54, 1.807) is 12.1 Å². The molecule has 1 aromatic carbocycles. The lowest BCUT2D eigenvalue weighted by Gasteiger charge is -2.10. The monoisotopic (exact) mass is 402 g/mol. The quantitative estimate of drug-likeness (QED) is 0.658. The molecule has 0 atom stereocenters. The molecule has 0 aliphatic rings. The summed E-state index contributed by atoms with van der Waals surface area (Å²) in [5, 5.41) is 7.88. The highest BCUT2D eigenvalue weighted by atomic mass is 32.1. The third kappa shape index (κ3) is 5.66. The van der Waals surface area contributed by atoms with Crippen LogP contribution in [0.5, 0.6) is 0 Å². The van der Waals surface area contributed by atoms with Gasteiger partial charge in [0, 0.05) is 18.5 Å². The first-order valence-corrected chi connectivity index (χ1v) is 10.0. The largest absolute Gasteiger partial charge is 0.465 e. The van der Waals surface area contributed by atoms with Crippen molar-refractivity contribution in [2.24, 2.45) is 5.92 Å². The van der Waals surface area contributed by atoms with Gasteiger partial charge in [-0.1, -0.05) is 32.0 Å². The first-order valence-electron chi connectivity index (χ1n) is 9.15. The Hall–Kier alpha value is -2.67. The SMILES string of the molecule is COC(=O)c1c(CC(C)C)csc1NC(=O)CCNC(=O)c1ccccc1C. The van der Waals surface area contributed by atoms with Gasteiger partial charge in [-0.15, -0.1) is 11.3 Å². The summed E-state index contributed by atoms with van der Waals surface area (Å²) >= 11 is 1.31. The minimum Gasteiger partial charge on any atom is -0.465 e. The van der Waals surface area contributed by atoms with Crippen LogP contribution < -0.4 is 10.6 Å². The molecule has 0 saturated heterocycles. The van der Waals surface area contributed by atoms with Crippen molar-refractivity contribution in [3.8, 4) is 0 Å². The van der Waals surface area contributed by atoms with E-state index in [1.807, 2.05) is 24.4 Å². The van der Waals surface area contributed by atoms with Crippen molar-refractivity contribution in [3.63, 3.8) is 0 Å². The van der Waals surface area contributed by atoms with E-state index in [1.165, 1.54) is 18.4 Å². The number of rotatable bonds is 8. The van der Waals surface area contributed by atoms with E-state index in [-0.39, 0.29) is 24.8 Å². The van der Waals surface area contributed by atoms with E-state index in [0.717, 1.165) is 17.5 Å². The molecule has 0 unspecified atom stereocenters. The van der Waals surface area contributed by atoms with Gasteiger partial charge in [-0.3, -0.25) is 9.59 Å². The van der Waals surface area contributed by atoms with Crippen LogP contribution in [-0.2, 0) is 16.0 Å². The fourth-order valence-corrected chi connectivity index (χ4v) is 3.78. The lowest BCUT2D eigenvalue weighted by molar-refractivity contribution is -0.116. The molecule has 0 aliphatic carbocycles. The molecular weight excluding hydrogens is 376 g/mol. The summed E-state index contributed by atoms with van der Waals surface area (Å²) in [7, 11) is 1.33. The summed E-state index contributed by atoms with van der Waals surface area (Å²) in [6.45, 7) is 6.19. The third-order valence-corrected chi connectivity index (χ3v) is 5.11. The summed E-state index contributed by atoms with van der Waals surface area (Å²) in [6, 6.07) is 7.28. The Bertz CT molecular complexity index is 858. The molecule has 0 fully saturated rings. The van der Waals surface area contributed by atoms with Crippen LogP contribution in [0.15, 0.2) is 29.6 Å². The lowest BCUT2D eigenvalue weighted by atomic mass is 10.0. The number of hydrogen-bond acceptors (Lipinski definition) is 5. The number of methoxy groups -OCH3 is 1. The first kappa shape index (κ1) is 21.6. The van der Waals surface area contributed by atoms with Crippen molar-refractivity contribution in [2.45, 2.75) is 33.6 Å². The summed E-state index contributed by atoms with van der Waals surface area (Å²) in [6.07, 6.45) is 0.832. The molecule has 0 aliphatic heterocycles. The second-order valence-electron chi connectivity index (χ2n) is 6.92. The molecule has 0 radical (unpaired) electrons. The predicted molar refractivity (Wildman–Crippen MR) is 111 cm³/mol. The van der Waals surface area contributed by atoms with Crippen molar-refractivity contribution >= 4 is 34.1 Å². The highest BCUT2D eigenvalue weighted by molar-refractivity contribution is 7.15. The number of anilines is 1. The molecule has 1 aromatic heterocycles. The van der Waals surface area contributed by atoms with Crippen LogP contribution in [0.4, 0.5) is 5.00 Å². The molecule has 28 heavy (non-hydrogen) atoms. The Labute approximate surface area is 169 Å². The number of carbonyl (C=O) groups excluding carboxylic acids is 3. The zero-order chi connectivity index (χ0) is 20.7. The zero-order valence-corrected chi connectivity index (χ0v) is 17.4. The van der Waals surface area contributed by atoms with Crippen LogP contribution in [0, 0.1) is 12.8 Å². The van der Waals surface area contributed by atoms with Crippen molar-refractivity contribution in [3.05, 3.63) is 51.9 Å². The smallest absolute Gasteiger partial charge is 0.341 e. The van der Waals surface area contributed by atoms with Gasteiger partial charge in [0.1, 0.15) is 5.00 Å². The molecule has 1 heterocycles. The van der Waals surface area contributed by atoms with Gasteiger partial charge >= 0.3 is 5.97 Å². The van der Waals surface area contributed by atoms with Crippen LogP contribution in [-0.4, -0.2) is 31.4 Å². The summed E-state index contributed by atoms with van der Waals surface area (Å²) in [4.78, 5) is 36.6. The fraction of sp³-hybridized carbons (Fsp3) is 0.381. The molecule has 0 saturated carbocycles. The Morgan fingerprint density at radius 1 is 1.18 bits per heavy atom. The number of esters is 1. The molecule has 0 bridgehead atoms. The van der Waals surface area contributed by atoms with Crippen LogP contribution in [0.1, 0.15) is 52.1 Å². The minimum atomic E-state index is -0.458. The molecule has 2 rings (SSSR count). The molecule has 150 valence electrons. The number of carbonyl (C=O) groups is 3. The normalized spacial score (nSPS) is 10.6. The van der Waals surface area contributed by atoms with Gasteiger partial charge in [0.15, 0.2) is 0 Å². The van der Waals surface area contributed by atoms with Gasteiger partial charge < -0.3 is 15.4 Å². The van der Waals surface area contributed by atoms with E-state index in [2.05, 4.69) is 24.5 Å². The van der Waals surface area contributed by atoms with Crippen LogP contribution in [0.3, 0.4) is 0 Å². The van der Waals surface area contributed by atoms with E-state index in [0.29, 0.717) is 22.0 Å². The number of benzene rings is 1. The molecule has 2 N–H and O–H groups in total. The number of thiophene rings is 1. The minimum absolute atomic E-state index is 0.107. The van der Waals surface area contributed by atoms with E-state index < -0.39 is 5.97 Å². The predicted octanol–water partition coefficient (Wildman–Crippen LogP) is 3.80. The maximum absolute atomic E-state index is 12.3. The Morgan fingerprint density at radius 2 is 1.89 bits per heavy atom. The van der Waals surface area contributed by atoms with Gasteiger partial charge in [0.25, 0.3) is 5.91 Å². The van der Waals surface area contributed by atoms with Gasteiger partial charge in [-0.05, 0) is 41.8 Å². The topological polar surface area (TPSA) is 84.5 Å².